The van der Waals surface area contributed by atoms with Crippen LogP contribution in [0, 0.1) is 5.82 Å². The zero-order valence-electron chi connectivity index (χ0n) is 14.9. The van der Waals surface area contributed by atoms with Crippen LogP contribution in [0.25, 0.3) is 0 Å². The van der Waals surface area contributed by atoms with Gasteiger partial charge in [0, 0.05) is 19.1 Å². The average molecular weight is 372 g/mol. The maximum absolute atomic E-state index is 13.6. The number of halogens is 1. The van der Waals surface area contributed by atoms with E-state index >= 15 is 0 Å². The van der Waals surface area contributed by atoms with Gasteiger partial charge in [0.25, 0.3) is 0 Å². The Labute approximate surface area is 148 Å². The van der Waals surface area contributed by atoms with Crippen LogP contribution in [0.2, 0.25) is 0 Å². The Bertz CT molecular complexity index is 727. The molecule has 1 aromatic rings. The molecule has 1 amide bonds. The van der Waals surface area contributed by atoms with Gasteiger partial charge in [-0.05, 0) is 32.9 Å². The largest absolute Gasteiger partial charge is 0.355 e. The smallest absolute Gasteiger partial charge is 0.239 e. The van der Waals surface area contributed by atoms with E-state index in [2.05, 4.69) is 20.9 Å². The summed E-state index contributed by atoms with van der Waals surface area (Å²) in [7, 11) is -2.25. The number of rotatable bonds is 6. The fourth-order valence-electron chi connectivity index (χ4n) is 1.96. The van der Waals surface area contributed by atoms with E-state index in [4.69, 9.17) is 0 Å². The lowest BCUT2D eigenvalue weighted by Crippen LogP contribution is -2.48. The summed E-state index contributed by atoms with van der Waals surface area (Å²) in [4.78, 5) is 15.3. The Balaban J connectivity index is 2.51. The summed E-state index contributed by atoms with van der Waals surface area (Å²) in [5, 5.41) is 8.36. The standard InChI is InChI=1S/C16H25FN4O3S/c1-16(2,3)21-14(22)11-20-15(18-4)19-9-10-25(23,24)13-8-6-5-7-12(13)17/h5-8H,9-11H2,1-4H3,(H,21,22)(H2,18,19,20). The predicted octanol–water partition coefficient (Wildman–Crippen LogP) is 0.679. The summed E-state index contributed by atoms with van der Waals surface area (Å²) in [6.45, 7) is 5.62. The van der Waals surface area contributed by atoms with Crippen molar-refractivity contribution >= 4 is 21.7 Å². The fraction of sp³-hybridized carbons (Fsp3) is 0.500. The Kier molecular flexibility index (Phi) is 7.35. The highest BCUT2D eigenvalue weighted by Crippen LogP contribution is 2.14. The van der Waals surface area contributed by atoms with Crippen LogP contribution in [0.3, 0.4) is 0 Å². The van der Waals surface area contributed by atoms with Gasteiger partial charge in [-0.1, -0.05) is 12.1 Å². The van der Waals surface area contributed by atoms with Crippen molar-refractivity contribution in [2.75, 3.05) is 25.9 Å². The first-order valence-electron chi connectivity index (χ1n) is 7.78. The van der Waals surface area contributed by atoms with Gasteiger partial charge in [-0.25, -0.2) is 12.8 Å². The topological polar surface area (TPSA) is 99.7 Å². The Morgan fingerprint density at radius 3 is 2.40 bits per heavy atom. The summed E-state index contributed by atoms with van der Waals surface area (Å²) < 4.78 is 37.9. The summed E-state index contributed by atoms with van der Waals surface area (Å²) in [6, 6.07) is 5.24. The molecule has 9 heteroatoms. The van der Waals surface area contributed by atoms with Crippen molar-refractivity contribution in [3.63, 3.8) is 0 Å². The van der Waals surface area contributed by atoms with Crippen LogP contribution in [0.5, 0.6) is 0 Å². The third-order valence-electron chi connectivity index (χ3n) is 2.99. The minimum absolute atomic E-state index is 0.00297. The number of hydrogen-bond acceptors (Lipinski definition) is 4. The SMILES string of the molecule is CN=C(NCCS(=O)(=O)c1ccccc1F)NCC(=O)NC(C)(C)C. The molecule has 0 radical (unpaired) electrons. The molecule has 0 saturated carbocycles. The highest BCUT2D eigenvalue weighted by molar-refractivity contribution is 7.91. The van der Waals surface area contributed by atoms with Crippen molar-refractivity contribution < 1.29 is 17.6 Å². The zero-order valence-corrected chi connectivity index (χ0v) is 15.7. The summed E-state index contributed by atoms with van der Waals surface area (Å²) in [5.74, 6) is -1.01. The molecule has 25 heavy (non-hydrogen) atoms. The van der Waals surface area contributed by atoms with Crippen LogP contribution in [0.1, 0.15) is 20.8 Å². The van der Waals surface area contributed by atoms with Gasteiger partial charge in [0.05, 0.1) is 12.3 Å². The lowest BCUT2D eigenvalue weighted by atomic mass is 10.1. The summed E-state index contributed by atoms with van der Waals surface area (Å²) >= 11 is 0. The maximum atomic E-state index is 13.6. The molecular weight excluding hydrogens is 347 g/mol. The van der Waals surface area contributed by atoms with Crippen molar-refractivity contribution in [2.45, 2.75) is 31.2 Å². The van der Waals surface area contributed by atoms with Gasteiger partial charge in [0.15, 0.2) is 15.8 Å². The van der Waals surface area contributed by atoms with E-state index in [1.807, 2.05) is 20.8 Å². The number of nitrogens with one attached hydrogen (secondary N) is 3. The van der Waals surface area contributed by atoms with E-state index in [-0.39, 0.29) is 41.1 Å². The number of hydrogen-bond donors (Lipinski definition) is 3. The second-order valence-corrected chi connectivity index (χ2v) is 8.48. The molecule has 0 aromatic heterocycles. The van der Waals surface area contributed by atoms with E-state index in [9.17, 15) is 17.6 Å². The molecule has 0 bridgehead atoms. The van der Waals surface area contributed by atoms with Crippen LogP contribution >= 0.6 is 0 Å². The van der Waals surface area contributed by atoms with Crippen molar-refractivity contribution in [1.82, 2.24) is 16.0 Å². The lowest BCUT2D eigenvalue weighted by Gasteiger charge is -2.21. The van der Waals surface area contributed by atoms with E-state index in [1.165, 1.54) is 25.2 Å². The van der Waals surface area contributed by atoms with Crippen LogP contribution < -0.4 is 16.0 Å². The second-order valence-electron chi connectivity index (χ2n) is 6.40. The fourth-order valence-corrected chi connectivity index (χ4v) is 3.20. The number of guanidine groups is 1. The van der Waals surface area contributed by atoms with Gasteiger partial charge in [0.1, 0.15) is 10.7 Å². The van der Waals surface area contributed by atoms with Crippen LogP contribution in [0.4, 0.5) is 4.39 Å². The summed E-state index contributed by atoms with van der Waals surface area (Å²) in [5.41, 5.74) is -0.344. The third kappa shape index (κ3) is 7.51. The first kappa shape index (κ1) is 20.9. The highest BCUT2D eigenvalue weighted by atomic mass is 32.2. The molecule has 1 rings (SSSR count). The Morgan fingerprint density at radius 1 is 1.20 bits per heavy atom. The van der Waals surface area contributed by atoms with Gasteiger partial charge in [-0.2, -0.15) is 0 Å². The average Bonchev–Trinajstić information content (AvgIpc) is 2.49. The van der Waals surface area contributed by atoms with Crippen LogP contribution in [-0.4, -0.2) is 51.7 Å². The van der Waals surface area contributed by atoms with Crippen molar-refractivity contribution in [3.05, 3.63) is 30.1 Å². The number of carbonyl (C=O) groups excluding carboxylic acids is 1. The van der Waals surface area contributed by atoms with Crippen LogP contribution in [-0.2, 0) is 14.6 Å². The summed E-state index contributed by atoms with van der Waals surface area (Å²) in [6.07, 6.45) is 0. The quantitative estimate of drug-likeness (QED) is 0.504. The molecular formula is C16H25FN4O3S. The number of carbonyl (C=O) groups is 1. The van der Waals surface area contributed by atoms with E-state index < -0.39 is 15.7 Å². The van der Waals surface area contributed by atoms with Gasteiger partial charge in [0.2, 0.25) is 5.91 Å². The lowest BCUT2D eigenvalue weighted by molar-refractivity contribution is -0.121. The van der Waals surface area contributed by atoms with Gasteiger partial charge < -0.3 is 16.0 Å². The molecule has 1 aromatic carbocycles. The monoisotopic (exact) mass is 372 g/mol. The van der Waals surface area contributed by atoms with Crippen molar-refractivity contribution in [2.24, 2.45) is 4.99 Å². The van der Waals surface area contributed by atoms with Crippen molar-refractivity contribution in [3.8, 4) is 0 Å². The van der Waals surface area contributed by atoms with Gasteiger partial charge in [-0.3, -0.25) is 9.79 Å². The molecule has 0 aliphatic rings. The highest BCUT2D eigenvalue weighted by Gasteiger charge is 2.18. The number of sulfone groups is 1. The van der Waals surface area contributed by atoms with Gasteiger partial charge >= 0.3 is 0 Å². The Morgan fingerprint density at radius 2 is 1.84 bits per heavy atom. The molecule has 0 unspecified atom stereocenters. The molecule has 0 fully saturated rings. The molecule has 3 N–H and O–H groups in total. The van der Waals surface area contributed by atoms with Crippen molar-refractivity contribution in [1.29, 1.82) is 0 Å². The minimum atomic E-state index is -3.75. The second kappa shape index (κ2) is 8.80. The Hall–Kier alpha value is -2.16. The molecule has 0 saturated heterocycles. The maximum Gasteiger partial charge on any atom is 0.239 e. The van der Waals surface area contributed by atoms with E-state index in [0.717, 1.165) is 6.07 Å². The van der Waals surface area contributed by atoms with E-state index in [1.54, 1.807) is 0 Å². The number of aliphatic imine (C=N–C) groups is 1. The first-order valence-corrected chi connectivity index (χ1v) is 9.43. The number of amides is 1. The number of benzene rings is 1. The third-order valence-corrected chi connectivity index (χ3v) is 4.73. The molecule has 0 spiro atoms. The predicted molar refractivity (Wildman–Crippen MR) is 95.7 cm³/mol. The molecule has 7 nitrogen and oxygen atoms in total. The minimum Gasteiger partial charge on any atom is -0.355 e. The molecule has 0 heterocycles. The molecule has 0 atom stereocenters. The number of nitrogens with zero attached hydrogens (tertiary/aromatic N) is 1. The zero-order chi connectivity index (χ0) is 19.1. The molecule has 0 aliphatic carbocycles. The molecule has 0 aliphatic heterocycles. The van der Waals surface area contributed by atoms with Crippen LogP contribution in [0.15, 0.2) is 34.2 Å². The van der Waals surface area contributed by atoms with E-state index in [0.29, 0.717) is 0 Å². The normalized spacial score (nSPS) is 12.6. The van der Waals surface area contributed by atoms with Gasteiger partial charge in [-0.15, -0.1) is 0 Å². The first-order chi connectivity index (χ1) is 11.5. The molecule has 140 valence electrons.